The van der Waals surface area contributed by atoms with Crippen molar-refractivity contribution in [3.8, 4) is 11.8 Å². The number of benzene rings is 2. The Morgan fingerprint density at radius 3 is 2.79 bits per heavy atom. The molecule has 2 aromatic carbocycles. The van der Waals surface area contributed by atoms with Gasteiger partial charge in [-0.15, -0.1) is 0 Å². The van der Waals surface area contributed by atoms with Gasteiger partial charge in [0.2, 0.25) is 0 Å². The van der Waals surface area contributed by atoms with Gasteiger partial charge in [-0.25, -0.2) is 4.39 Å². The van der Waals surface area contributed by atoms with Crippen LogP contribution in [0.25, 0.3) is 0 Å². The van der Waals surface area contributed by atoms with Gasteiger partial charge in [0.1, 0.15) is 11.6 Å². The summed E-state index contributed by atoms with van der Waals surface area (Å²) in [5.41, 5.74) is 7.97. The Bertz CT molecular complexity index is 866. The van der Waals surface area contributed by atoms with Crippen molar-refractivity contribution in [2.24, 2.45) is 0 Å². The minimum Gasteiger partial charge on any atom is -0.484 e. The topological polar surface area (TPSA) is 77.4 Å². The first kappa shape index (κ1) is 20.8. The minimum atomic E-state index is -0.226. The summed E-state index contributed by atoms with van der Waals surface area (Å²) >= 11 is 0. The quantitative estimate of drug-likeness (QED) is 0.717. The fourth-order valence-electron chi connectivity index (χ4n) is 3.33. The molecule has 0 aliphatic carbocycles. The molecule has 2 unspecified atom stereocenters. The van der Waals surface area contributed by atoms with E-state index in [9.17, 15) is 9.18 Å². The lowest BCUT2D eigenvalue weighted by Gasteiger charge is -2.18. The molecular formula is C22H25FN4O2. The number of carbonyl (C=O) groups is 1. The van der Waals surface area contributed by atoms with E-state index in [2.05, 4.69) is 10.9 Å². The summed E-state index contributed by atoms with van der Waals surface area (Å²) in [6.45, 7) is 0.603. The molecule has 1 saturated heterocycles. The van der Waals surface area contributed by atoms with E-state index in [1.54, 1.807) is 48.3 Å². The van der Waals surface area contributed by atoms with Crippen LogP contribution in [-0.4, -0.2) is 37.0 Å². The van der Waals surface area contributed by atoms with Gasteiger partial charge in [-0.05, 0) is 61.2 Å². The van der Waals surface area contributed by atoms with E-state index in [-0.39, 0.29) is 30.4 Å². The van der Waals surface area contributed by atoms with Crippen molar-refractivity contribution in [3.05, 3.63) is 65.5 Å². The highest BCUT2D eigenvalue weighted by Crippen LogP contribution is 2.24. The lowest BCUT2D eigenvalue weighted by atomic mass is 9.99. The Labute approximate surface area is 170 Å². The molecule has 2 N–H and O–H groups in total. The van der Waals surface area contributed by atoms with Gasteiger partial charge in [-0.3, -0.25) is 15.6 Å². The molecule has 2 aromatic rings. The number of halogens is 1. The third-order valence-corrected chi connectivity index (χ3v) is 5.05. The molecule has 2 atom stereocenters. The number of likely N-dealkylation sites (N-methyl/N-ethyl adjacent to an activating group) is 1. The number of hydrogen-bond donors (Lipinski definition) is 2. The molecule has 1 fully saturated rings. The lowest BCUT2D eigenvalue weighted by molar-refractivity contribution is -0.132. The zero-order valence-electron chi connectivity index (χ0n) is 16.4. The molecule has 6 nitrogen and oxygen atoms in total. The van der Waals surface area contributed by atoms with Gasteiger partial charge in [0, 0.05) is 25.7 Å². The van der Waals surface area contributed by atoms with Crippen LogP contribution in [0.3, 0.4) is 0 Å². The highest BCUT2D eigenvalue weighted by Gasteiger charge is 2.25. The van der Waals surface area contributed by atoms with Crippen LogP contribution in [0.15, 0.2) is 48.5 Å². The van der Waals surface area contributed by atoms with Crippen molar-refractivity contribution < 1.29 is 13.9 Å². The van der Waals surface area contributed by atoms with Crippen molar-refractivity contribution in [3.63, 3.8) is 0 Å². The van der Waals surface area contributed by atoms with Crippen molar-refractivity contribution in [1.82, 2.24) is 15.8 Å². The third-order valence-electron chi connectivity index (χ3n) is 5.05. The predicted octanol–water partition coefficient (Wildman–Crippen LogP) is 2.92. The Hall–Kier alpha value is -2.95. The summed E-state index contributed by atoms with van der Waals surface area (Å²) in [5.74, 6) is 0.246. The normalized spacial score (nSPS) is 18.2. The molecule has 0 radical (unpaired) electrons. The second-order valence-electron chi connectivity index (χ2n) is 7.21. The second-order valence-corrected chi connectivity index (χ2v) is 7.21. The smallest absolute Gasteiger partial charge is 0.260 e. The Kier molecular flexibility index (Phi) is 7.17. The van der Waals surface area contributed by atoms with Crippen LogP contribution in [-0.2, 0) is 4.79 Å². The van der Waals surface area contributed by atoms with Crippen LogP contribution in [0.5, 0.6) is 5.75 Å². The SMILES string of the molecule is CN(CCCC1CC(c2cccc(F)c2)NN1)C(=O)COc1ccc(C#N)cc1. The summed E-state index contributed by atoms with van der Waals surface area (Å²) in [5, 5.41) is 8.79. The molecule has 1 aliphatic heterocycles. The standard InChI is InChI=1S/C22H25FN4O2/c1-27(22(28)15-29-20-9-7-16(14-24)8-10-20)11-3-6-19-13-21(26-25-19)17-4-2-5-18(23)12-17/h2,4-5,7-10,12,19,21,25-26H,3,6,11,13,15H2,1H3. The van der Waals surface area contributed by atoms with E-state index in [1.807, 2.05) is 12.1 Å². The fourth-order valence-corrected chi connectivity index (χ4v) is 3.33. The first-order valence-electron chi connectivity index (χ1n) is 9.68. The van der Waals surface area contributed by atoms with Gasteiger partial charge < -0.3 is 9.64 Å². The molecule has 0 saturated carbocycles. The number of nitrogens with one attached hydrogen (secondary N) is 2. The van der Waals surface area contributed by atoms with Gasteiger partial charge in [0.15, 0.2) is 6.61 Å². The number of hydrogen-bond acceptors (Lipinski definition) is 5. The maximum absolute atomic E-state index is 13.4. The van der Waals surface area contributed by atoms with E-state index < -0.39 is 0 Å². The molecule has 152 valence electrons. The van der Waals surface area contributed by atoms with Gasteiger partial charge in [0.05, 0.1) is 11.6 Å². The molecule has 0 spiro atoms. The predicted molar refractivity (Wildman–Crippen MR) is 107 cm³/mol. The Morgan fingerprint density at radius 1 is 1.28 bits per heavy atom. The summed E-state index contributed by atoms with van der Waals surface area (Å²) in [6, 6.07) is 15.7. The Morgan fingerprint density at radius 2 is 2.07 bits per heavy atom. The number of rotatable bonds is 8. The van der Waals surface area contributed by atoms with Crippen LogP contribution < -0.4 is 15.6 Å². The average Bonchev–Trinajstić information content (AvgIpc) is 3.21. The molecule has 3 rings (SSSR count). The highest BCUT2D eigenvalue weighted by molar-refractivity contribution is 5.77. The second kappa shape index (κ2) is 10.0. The summed E-state index contributed by atoms with van der Waals surface area (Å²) in [4.78, 5) is 13.9. The van der Waals surface area contributed by atoms with Crippen molar-refractivity contribution in [2.75, 3.05) is 20.2 Å². The zero-order chi connectivity index (χ0) is 20.6. The van der Waals surface area contributed by atoms with Crippen LogP contribution in [0.1, 0.15) is 36.4 Å². The van der Waals surface area contributed by atoms with E-state index in [4.69, 9.17) is 10.00 Å². The molecule has 1 heterocycles. The van der Waals surface area contributed by atoms with E-state index in [0.29, 0.717) is 17.9 Å². The van der Waals surface area contributed by atoms with Gasteiger partial charge in [-0.1, -0.05) is 12.1 Å². The maximum atomic E-state index is 13.4. The number of ether oxygens (including phenoxy) is 1. The number of amides is 1. The van der Waals surface area contributed by atoms with Gasteiger partial charge >= 0.3 is 0 Å². The van der Waals surface area contributed by atoms with Crippen molar-refractivity contribution in [2.45, 2.75) is 31.3 Å². The fraction of sp³-hybridized carbons (Fsp3) is 0.364. The summed E-state index contributed by atoms with van der Waals surface area (Å²) in [7, 11) is 1.76. The summed E-state index contributed by atoms with van der Waals surface area (Å²) < 4.78 is 18.9. The largest absolute Gasteiger partial charge is 0.484 e. The monoisotopic (exact) mass is 396 g/mol. The molecule has 0 bridgehead atoms. The average molecular weight is 396 g/mol. The number of carbonyl (C=O) groups excluding carboxylic acids is 1. The van der Waals surface area contributed by atoms with Crippen LogP contribution in [0, 0.1) is 17.1 Å². The van der Waals surface area contributed by atoms with Crippen LogP contribution >= 0.6 is 0 Å². The molecule has 0 aromatic heterocycles. The number of nitrogens with zero attached hydrogens (tertiary/aromatic N) is 2. The molecule has 1 amide bonds. The number of nitriles is 1. The first-order valence-corrected chi connectivity index (χ1v) is 9.68. The van der Waals surface area contributed by atoms with E-state index in [1.165, 1.54) is 6.07 Å². The molecule has 7 heteroatoms. The molecule has 1 aliphatic rings. The van der Waals surface area contributed by atoms with Crippen LogP contribution in [0.4, 0.5) is 4.39 Å². The molecular weight excluding hydrogens is 371 g/mol. The third kappa shape index (κ3) is 6.01. The van der Waals surface area contributed by atoms with Gasteiger partial charge in [-0.2, -0.15) is 5.26 Å². The minimum absolute atomic E-state index is 0.0344. The highest BCUT2D eigenvalue weighted by atomic mass is 19.1. The summed E-state index contributed by atoms with van der Waals surface area (Å²) in [6.07, 6.45) is 2.64. The van der Waals surface area contributed by atoms with E-state index in [0.717, 1.165) is 24.8 Å². The molecule has 29 heavy (non-hydrogen) atoms. The van der Waals surface area contributed by atoms with Crippen molar-refractivity contribution >= 4 is 5.91 Å². The van der Waals surface area contributed by atoms with E-state index >= 15 is 0 Å². The van der Waals surface area contributed by atoms with Crippen molar-refractivity contribution in [1.29, 1.82) is 5.26 Å². The zero-order valence-corrected chi connectivity index (χ0v) is 16.4. The van der Waals surface area contributed by atoms with Gasteiger partial charge in [0.25, 0.3) is 5.91 Å². The maximum Gasteiger partial charge on any atom is 0.260 e. The Balaban J connectivity index is 1.35. The number of hydrazine groups is 1. The first-order chi connectivity index (χ1) is 14.0. The van der Waals surface area contributed by atoms with Crippen LogP contribution in [0.2, 0.25) is 0 Å². The lowest BCUT2D eigenvalue weighted by Crippen LogP contribution is -2.34.